The molecule has 9 rings (SSSR count). The first-order valence-corrected chi connectivity index (χ1v) is 14.7. The summed E-state index contributed by atoms with van der Waals surface area (Å²) in [5.74, 6) is 0.950. The molecule has 1 aliphatic carbocycles. The third-order valence-electron chi connectivity index (χ3n) is 8.77. The van der Waals surface area contributed by atoms with Crippen LogP contribution in [-0.2, 0) is 0 Å². The fraction of sp³-hybridized carbons (Fsp3) is 0. The van der Waals surface area contributed by atoms with Gasteiger partial charge in [0.1, 0.15) is 5.82 Å². The Morgan fingerprint density at radius 2 is 1.02 bits per heavy atom. The highest BCUT2D eigenvalue weighted by molar-refractivity contribution is 6.18. The van der Waals surface area contributed by atoms with Gasteiger partial charge in [0.25, 0.3) is 0 Å². The quantitative estimate of drug-likeness (QED) is 0.215. The van der Waals surface area contributed by atoms with Gasteiger partial charge in [0.15, 0.2) is 0 Å². The minimum absolute atomic E-state index is 0.950. The molecule has 0 bridgehead atoms. The molecule has 0 atom stereocenters. The average Bonchev–Trinajstić information content (AvgIpc) is 3.63. The molecule has 0 unspecified atom stereocenters. The predicted octanol–water partition coefficient (Wildman–Crippen LogP) is 10.8. The summed E-state index contributed by atoms with van der Waals surface area (Å²) < 4.78 is 2.26. The highest BCUT2D eigenvalue weighted by atomic mass is 15.1. The second kappa shape index (κ2) is 9.40. The van der Waals surface area contributed by atoms with Crippen LogP contribution in [0.4, 0.5) is 0 Å². The summed E-state index contributed by atoms with van der Waals surface area (Å²) in [6.07, 6.45) is 0. The molecule has 7 aromatic carbocycles. The normalized spacial score (nSPS) is 11.7. The van der Waals surface area contributed by atoms with Crippen LogP contribution >= 0.6 is 0 Å². The zero-order valence-electron chi connectivity index (χ0n) is 23.4. The summed E-state index contributed by atoms with van der Waals surface area (Å²) in [6.45, 7) is 0. The van der Waals surface area contributed by atoms with Crippen LogP contribution in [0, 0.1) is 0 Å². The Labute approximate surface area is 250 Å². The lowest BCUT2D eigenvalue weighted by Gasteiger charge is -2.13. The molecule has 1 aliphatic rings. The molecule has 0 saturated heterocycles. The Kier molecular flexibility index (Phi) is 5.23. The summed E-state index contributed by atoms with van der Waals surface area (Å²) >= 11 is 0. The SMILES string of the molecule is c1ccc(-c2nc3ccccc3n2-c2ccc(-c3cccc(-c4ccc5c6c(cccc46)-c4ccccc4-5)c3)cc2)cc1. The number of hydrogen-bond acceptors (Lipinski definition) is 1. The first-order valence-electron chi connectivity index (χ1n) is 14.7. The van der Waals surface area contributed by atoms with Gasteiger partial charge in [0, 0.05) is 11.3 Å². The maximum Gasteiger partial charge on any atom is 0.145 e. The summed E-state index contributed by atoms with van der Waals surface area (Å²) in [5.41, 5.74) is 14.5. The van der Waals surface area contributed by atoms with E-state index in [0.29, 0.717) is 0 Å². The van der Waals surface area contributed by atoms with Gasteiger partial charge in [-0.25, -0.2) is 4.98 Å². The number of hydrogen-bond donors (Lipinski definition) is 0. The van der Waals surface area contributed by atoms with Crippen molar-refractivity contribution in [1.29, 1.82) is 0 Å². The van der Waals surface area contributed by atoms with Crippen LogP contribution in [0.25, 0.3) is 83.4 Å². The molecule has 8 aromatic rings. The molecule has 0 N–H and O–H groups in total. The second-order valence-electron chi connectivity index (χ2n) is 11.2. The molecule has 0 saturated carbocycles. The van der Waals surface area contributed by atoms with E-state index in [1.807, 2.05) is 12.1 Å². The van der Waals surface area contributed by atoms with E-state index in [4.69, 9.17) is 4.98 Å². The summed E-state index contributed by atoms with van der Waals surface area (Å²) in [7, 11) is 0. The van der Waals surface area contributed by atoms with Crippen molar-refractivity contribution in [3.8, 4) is 61.6 Å². The van der Waals surface area contributed by atoms with Gasteiger partial charge < -0.3 is 0 Å². The Hall–Kier alpha value is -5.73. The van der Waals surface area contributed by atoms with Gasteiger partial charge in [-0.05, 0) is 85.6 Å². The van der Waals surface area contributed by atoms with Crippen molar-refractivity contribution < 1.29 is 0 Å². The molecule has 0 radical (unpaired) electrons. The van der Waals surface area contributed by atoms with Crippen LogP contribution < -0.4 is 0 Å². The topological polar surface area (TPSA) is 17.8 Å². The highest BCUT2D eigenvalue weighted by Crippen LogP contribution is 2.49. The zero-order chi connectivity index (χ0) is 28.3. The van der Waals surface area contributed by atoms with Crippen LogP contribution in [0.5, 0.6) is 0 Å². The van der Waals surface area contributed by atoms with Crippen LogP contribution in [0.3, 0.4) is 0 Å². The van der Waals surface area contributed by atoms with Gasteiger partial charge in [-0.15, -0.1) is 0 Å². The van der Waals surface area contributed by atoms with E-state index in [1.165, 1.54) is 55.3 Å². The van der Waals surface area contributed by atoms with E-state index < -0.39 is 0 Å². The van der Waals surface area contributed by atoms with Crippen LogP contribution in [0.2, 0.25) is 0 Å². The maximum atomic E-state index is 5.00. The predicted molar refractivity (Wildman–Crippen MR) is 179 cm³/mol. The number of para-hydroxylation sites is 2. The van der Waals surface area contributed by atoms with Crippen LogP contribution in [0.1, 0.15) is 0 Å². The highest BCUT2D eigenvalue weighted by Gasteiger charge is 2.22. The van der Waals surface area contributed by atoms with Crippen molar-refractivity contribution in [2.24, 2.45) is 0 Å². The molecule has 200 valence electrons. The van der Waals surface area contributed by atoms with Crippen molar-refractivity contribution in [3.63, 3.8) is 0 Å². The lowest BCUT2D eigenvalue weighted by Crippen LogP contribution is -1.97. The Morgan fingerprint density at radius 1 is 0.395 bits per heavy atom. The molecule has 0 amide bonds. The van der Waals surface area contributed by atoms with E-state index in [2.05, 4.69) is 150 Å². The molecular formula is C41H26N2. The Morgan fingerprint density at radius 3 is 1.86 bits per heavy atom. The standard InChI is InChI=1S/C41H26N2/c1-2-10-28(11-3-1)41-42-38-18-6-7-19-39(38)43(41)31-22-20-27(21-23-31)29-12-8-13-30(26-29)32-24-25-37-34-15-5-4-14-33(34)36-17-9-16-35(32)40(36)37/h1-26H. The fourth-order valence-electron chi connectivity index (χ4n) is 6.80. The number of fused-ring (bicyclic) bond motifs is 4. The van der Waals surface area contributed by atoms with E-state index in [9.17, 15) is 0 Å². The van der Waals surface area contributed by atoms with Gasteiger partial charge >= 0.3 is 0 Å². The first kappa shape index (κ1) is 23.9. The summed E-state index contributed by atoms with van der Waals surface area (Å²) in [6, 6.07) is 56.6. The largest absolute Gasteiger partial charge is 0.292 e. The van der Waals surface area contributed by atoms with Gasteiger partial charge in [0.05, 0.1) is 11.0 Å². The first-order chi connectivity index (χ1) is 21.3. The van der Waals surface area contributed by atoms with Gasteiger partial charge in [0.2, 0.25) is 0 Å². The van der Waals surface area contributed by atoms with Crippen LogP contribution in [-0.4, -0.2) is 9.55 Å². The van der Waals surface area contributed by atoms with Crippen molar-refractivity contribution >= 4 is 21.8 Å². The summed E-state index contributed by atoms with van der Waals surface area (Å²) in [5, 5.41) is 2.66. The van der Waals surface area contributed by atoms with Crippen molar-refractivity contribution in [3.05, 3.63) is 158 Å². The van der Waals surface area contributed by atoms with Crippen molar-refractivity contribution in [2.75, 3.05) is 0 Å². The lowest BCUT2D eigenvalue weighted by atomic mass is 9.92. The smallest absolute Gasteiger partial charge is 0.145 e. The lowest BCUT2D eigenvalue weighted by molar-refractivity contribution is 1.10. The third-order valence-corrected chi connectivity index (χ3v) is 8.77. The molecule has 0 fully saturated rings. The second-order valence-corrected chi connectivity index (χ2v) is 11.2. The van der Waals surface area contributed by atoms with Gasteiger partial charge in [-0.1, -0.05) is 127 Å². The van der Waals surface area contributed by atoms with Crippen molar-refractivity contribution in [1.82, 2.24) is 9.55 Å². The average molecular weight is 547 g/mol. The Bertz CT molecular complexity index is 2300. The molecule has 2 nitrogen and oxygen atoms in total. The van der Waals surface area contributed by atoms with E-state index in [0.717, 1.165) is 28.1 Å². The number of rotatable bonds is 4. The number of aromatic nitrogens is 2. The minimum atomic E-state index is 0.950. The molecule has 0 aliphatic heterocycles. The van der Waals surface area contributed by atoms with E-state index >= 15 is 0 Å². The zero-order valence-corrected chi connectivity index (χ0v) is 23.4. The molecule has 2 heteroatoms. The van der Waals surface area contributed by atoms with Crippen molar-refractivity contribution in [2.45, 2.75) is 0 Å². The van der Waals surface area contributed by atoms with Gasteiger partial charge in [-0.3, -0.25) is 4.57 Å². The summed E-state index contributed by atoms with van der Waals surface area (Å²) in [4.78, 5) is 5.00. The molecule has 1 aromatic heterocycles. The minimum Gasteiger partial charge on any atom is -0.292 e. The number of imidazole rings is 1. The Balaban J connectivity index is 1.13. The number of nitrogens with zero attached hydrogens (tertiary/aromatic N) is 2. The van der Waals surface area contributed by atoms with E-state index in [1.54, 1.807) is 0 Å². The van der Waals surface area contributed by atoms with Gasteiger partial charge in [-0.2, -0.15) is 0 Å². The number of benzene rings is 7. The molecule has 0 spiro atoms. The monoisotopic (exact) mass is 546 g/mol. The maximum absolute atomic E-state index is 5.00. The molecule has 1 heterocycles. The van der Waals surface area contributed by atoms with Crippen LogP contribution in [0.15, 0.2) is 158 Å². The fourth-order valence-corrected chi connectivity index (χ4v) is 6.80. The van der Waals surface area contributed by atoms with E-state index in [-0.39, 0.29) is 0 Å². The molecular weight excluding hydrogens is 520 g/mol. The third kappa shape index (κ3) is 3.70. The molecule has 43 heavy (non-hydrogen) atoms.